The van der Waals surface area contributed by atoms with Crippen LogP contribution in [-0.4, -0.2) is 23.0 Å². The Morgan fingerprint density at radius 1 is 1.15 bits per heavy atom. The molecule has 134 valence electrons. The van der Waals surface area contributed by atoms with Gasteiger partial charge in [0.05, 0.1) is 35.6 Å². The minimum absolute atomic E-state index is 0.226. The minimum atomic E-state index is -0.402. The first kappa shape index (κ1) is 17.1. The molecule has 27 heavy (non-hydrogen) atoms. The van der Waals surface area contributed by atoms with Gasteiger partial charge in [0.1, 0.15) is 5.75 Å². The van der Waals surface area contributed by atoms with E-state index in [-0.39, 0.29) is 11.0 Å². The zero-order chi connectivity index (χ0) is 19.0. The van der Waals surface area contributed by atoms with Crippen LogP contribution in [0.2, 0.25) is 5.02 Å². The summed E-state index contributed by atoms with van der Waals surface area (Å²) in [6.45, 7) is 0. The molecule has 0 saturated carbocycles. The van der Waals surface area contributed by atoms with Crippen LogP contribution in [0.4, 0.5) is 5.69 Å². The van der Waals surface area contributed by atoms with E-state index in [0.29, 0.717) is 38.3 Å². The van der Waals surface area contributed by atoms with E-state index in [9.17, 15) is 9.59 Å². The standard InChI is InChI=1S/C20H14ClN3O3/c1-27-16-6-2-5-13-18(16)24-17-14(19(13)25)8-11(21)9-15(17)20(26)23-12-4-3-7-22-10-12/h2-10H,1H3,(H,23,26)(H,24,25). The number of carbonyl (C=O) groups excluding carboxylic acids is 1. The number of ether oxygens (including phenoxy) is 1. The zero-order valence-electron chi connectivity index (χ0n) is 14.2. The van der Waals surface area contributed by atoms with E-state index in [1.165, 1.54) is 19.4 Å². The molecule has 0 aliphatic carbocycles. The maximum absolute atomic E-state index is 13.0. The second kappa shape index (κ2) is 6.74. The third kappa shape index (κ3) is 3.00. The first-order valence-corrected chi connectivity index (χ1v) is 8.50. The van der Waals surface area contributed by atoms with Crippen molar-refractivity contribution >= 4 is 45.0 Å². The van der Waals surface area contributed by atoms with Crippen LogP contribution in [0.3, 0.4) is 0 Å². The van der Waals surface area contributed by atoms with Gasteiger partial charge in [0.25, 0.3) is 5.91 Å². The fourth-order valence-corrected chi connectivity index (χ4v) is 3.24. The van der Waals surface area contributed by atoms with Crippen LogP contribution in [0.15, 0.2) is 59.7 Å². The van der Waals surface area contributed by atoms with Gasteiger partial charge in [-0.3, -0.25) is 14.6 Å². The molecule has 2 aromatic heterocycles. The number of rotatable bonds is 3. The number of nitrogens with zero attached hydrogens (tertiary/aromatic N) is 1. The van der Waals surface area contributed by atoms with Crippen molar-refractivity contribution in [3.63, 3.8) is 0 Å². The number of benzene rings is 2. The number of methoxy groups -OCH3 is 1. The Bertz CT molecular complexity index is 1240. The van der Waals surface area contributed by atoms with Crippen molar-refractivity contribution in [1.29, 1.82) is 0 Å². The predicted octanol–water partition coefficient (Wildman–Crippen LogP) is 3.99. The summed E-state index contributed by atoms with van der Waals surface area (Å²) in [5, 5.41) is 3.85. The average Bonchev–Trinajstić information content (AvgIpc) is 2.68. The fourth-order valence-electron chi connectivity index (χ4n) is 3.02. The Morgan fingerprint density at radius 2 is 2.00 bits per heavy atom. The lowest BCUT2D eigenvalue weighted by molar-refractivity contribution is 0.102. The number of H-pyrrole nitrogens is 1. The Morgan fingerprint density at radius 3 is 2.74 bits per heavy atom. The quantitative estimate of drug-likeness (QED) is 0.527. The van der Waals surface area contributed by atoms with Gasteiger partial charge in [-0.2, -0.15) is 0 Å². The highest BCUT2D eigenvalue weighted by Gasteiger charge is 2.17. The second-order valence-corrected chi connectivity index (χ2v) is 6.35. The van der Waals surface area contributed by atoms with Gasteiger partial charge in [0.15, 0.2) is 5.43 Å². The molecule has 0 aliphatic rings. The summed E-state index contributed by atoms with van der Waals surface area (Å²) in [5.74, 6) is 0.112. The molecule has 0 atom stereocenters. The maximum Gasteiger partial charge on any atom is 0.257 e. The lowest BCUT2D eigenvalue weighted by atomic mass is 10.1. The molecule has 4 rings (SSSR count). The van der Waals surface area contributed by atoms with E-state index in [0.717, 1.165) is 0 Å². The first-order valence-electron chi connectivity index (χ1n) is 8.12. The molecule has 7 heteroatoms. The molecule has 0 fully saturated rings. The van der Waals surface area contributed by atoms with E-state index in [2.05, 4.69) is 15.3 Å². The van der Waals surface area contributed by atoms with Gasteiger partial charge in [0, 0.05) is 22.0 Å². The molecule has 6 nitrogen and oxygen atoms in total. The molecule has 2 N–H and O–H groups in total. The third-order valence-corrected chi connectivity index (χ3v) is 4.47. The molecule has 0 saturated heterocycles. The van der Waals surface area contributed by atoms with Crippen LogP contribution < -0.4 is 15.5 Å². The van der Waals surface area contributed by atoms with Crippen LogP contribution in [0.5, 0.6) is 5.75 Å². The molecule has 0 spiro atoms. The van der Waals surface area contributed by atoms with Crippen LogP contribution in [0.25, 0.3) is 21.8 Å². The van der Waals surface area contributed by atoms with Gasteiger partial charge in [0.2, 0.25) is 0 Å². The maximum atomic E-state index is 13.0. The normalized spacial score (nSPS) is 10.9. The summed E-state index contributed by atoms with van der Waals surface area (Å²) in [7, 11) is 1.52. The summed E-state index contributed by atoms with van der Waals surface area (Å²) in [6.07, 6.45) is 3.14. The first-order chi connectivity index (χ1) is 13.1. The van der Waals surface area contributed by atoms with Crippen LogP contribution in [0, 0.1) is 0 Å². The number of pyridine rings is 2. The van der Waals surface area contributed by atoms with Crippen LogP contribution in [0.1, 0.15) is 10.4 Å². The molecule has 0 bridgehead atoms. The molecule has 2 heterocycles. The second-order valence-electron chi connectivity index (χ2n) is 5.91. The Hall–Kier alpha value is -3.38. The number of carbonyl (C=O) groups is 1. The molecular formula is C20H14ClN3O3. The van der Waals surface area contributed by atoms with E-state index in [1.807, 2.05) is 0 Å². The number of nitrogens with one attached hydrogen (secondary N) is 2. The minimum Gasteiger partial charge on any atom is -0.495 e. The van der Waals surface area contributed by atoms with Crippen molar-refractivity contribution in [2.75, 3.05) is 12.4 Å². The van der Waals surface area contributed by atoms with Crippen molar-refractivity contribution in [2.24, 2.45) is 0 Å². The molecule has 4 aromatic rings. The van der Waals surface area contributed by atoms with Gasteiger partial charge < -0.3 is 15.0 Å². The van der Waals surface area contributed by atoms with Gasteiger partial charge in [-0.25, -0.2) is 0 Å². The number of halogens is 1. The molecular weight excluding hydrogens is 366 g/mol. The van der Waals surface area contributed by atoms with E-state index >= 15 is 0 Å². The SMILES string of the molecule is COc1cccc2c(=O)c3cc(Cl)cc(C(=O)Nc4cccnc4)c3[nH]c12. The number of amides is 1. The summed E-state index contributed by atoms with van der Waals surface area (Å²) in [4.78, 5) is 32.9. The molecule has 0 radical (unpaired) electrons. The van der Waals surface area contributed by atoms with Crippen molar-refractivity contribution in [3.8, 4) is 5.75 Å². The van der Waals surface area contributed by atoms with Crippen molar-refractivity contribution < 1.29 is 9.53 Å². The molecule has 0 unspecified atom stereocenters. The number of aromatic nitrogens is 2. The average molecular weight is 380 g/mol. The van der Waals surface area contributed by atoms with Crippen molar-refractivity contribution in [1.82, 2.24) is 9.97 Å². The smallest absolute Gasteiger partial charge is 0.257 e. The monoisotopic (exact) mass is 379 g/mol. The predicted molar refractivity (Wildman–Crippen MR) is 106 cm³/mol. The lowest BCUT2D eigenvalue weighted by Crippen LogP contribution is -2.15. The number of aromatic amines is 1. The zero-order valence-corrected chi connectivity index (χ0v) is 15.0. The Labute approximate surface area is 158 Å². The van der Waals surface area contributed by atoms with Gasteiger partial charge in [-0.05, 0) is 36.4 Å². The van der Waals surface area contributed by atoms with Gasteiger partial charge in [-0.15, -0.1) is 0 Å². The molecule has 0 aliphatic heterocycles. The number of anilines is 1. The summed E-state index contributed by atoms with van der Waals surface area (Å²) in [5.41, 5.74) is 1.48. The van der Waals surface area contributed by atoms with Crippen molar-refractivity contribution in [3.05, 3.63) is 75.7 Å². The van der Waals surface area contributed by atoms with Gasteiger partial charge >= 0.3 is 0 Å². The summed E-state index contributed by atoms with van der Waals surface area (Å²) in [6, 6.07) is 11.7. The number of para-hydroxylation sites is 1. The van der Waals surface area contributed by atoms with E-state index in [4.69, 9.17) is 16.3 Å². The molecule has 1 amide bonds. The van der Waals surface area contributed by atoms with E-state index in [1.54, 1.807) is 42.6 Å². The van der Waals surface area contributed by atoms with Gasteiger partial charge in [-0.1, -0.05) is 17.7 Å². The third-order valence-electron chi connectivity index (χ3n) is 4.25. The van der Waals surface area contributed by atoms with Crippen LogP contribution >= 0.6 is 11.6 Å². The Balaban J connectivity index is 1.97. The fraction of sp³-hybridized carbons (Fsp3) is 0.0500. The summed E-state index contributed by atoms with van der Waals surface area (Å²) < 4.78 is 5.35. The summed E-state index contributed by atoms with van der Waals surface area (Å²) >= 11 is 6.18. The highest BCUT2D eigenvalue weighted by atomic mass is 35.5. The highest BCUT2D eigenvalue weighted by Crippen LogP contribution is 2.27. The van der Waals surface area contributed by atoms with Crippen LogP contribution in [-0.2, 0) is 0 Å². The number of fused-ring (bicyclic) bond motifs is 2. The molecule has 2 aromatic carbocycles. The van der Waals surface area contributed by atoms with Crippen molar-refractivity contribution in [2.45, 2.75) is 0 Å². The lowest BCUT2D eigenvalue weighted by Gasteiger charge is -2.11. The Kier molecular flexibility index (Phi) is 4.25. The highest BCUT2D eigenvalue weighted by molar-refractivity contribution is 6.32. The number of hydrogen-bond acceptors (Lipinski definition) is 4. The van der Waals surface area contributed by atoms with E-state index < -0.39 is 5.91 Å². The number of hydrogen-bond donors (Lipinski definition) is 2. The topological polar surface area (TPSA) is 84.1 Å². The largest absolute Gasteiger partial charge is 0.495 e.